The van der Waals surface area contributed by atoms with Gasteiger partial charge in [-0.1, -0.05) is 19.9 Å². The summed E-state index contributed by atoms with van der Waals surface area (Å²) in [5, 5.41) is 8.58. The van der Waals surface area contributed by atoms with E-state index in [1.807, 2.05) is 24.0 Å². The molecular weight excluding hydrogens is 392 g/mol. The molecule has 3 amide bonds. The maximum atomic E-state index is 12.8. The molecule has 0 bridgehead atoms. The summed E-state index contributed by atoms with van der Waals surface area (Å²) in [5.41, 5.74) is 2.46. The van der Waals surface area contributed by atoms with Gasteiger partial charge in [0, 0.05) is 42.1 Å². The van der Waals surface area contributed by atoms with E-state index in [1.165, 1.54) is 0 Å². The van der Waals surface area contributed by atoms with E-state index in [4.69, 9.17) is 0 Å². The van der Waals surface area contributed by atoms with Gasteiger partial charge < -0.3 is 20.9 Å². The van der Waals surface area contributed by atoms with E-state index >= 15 is 0 Å². The third-order valence-electron chi connectivity index (χ3n) is 4.61. The molecule has 0 aliphatic rings. The number of nitrogens with zero attached hydrogens (tertiary/aromatic N) is 1. The van der Waals surface area contributed by atoms with Gasteiger partial charge in [0.2, 0.25) is 5.91 Å². The lowest BCUT2D eigenvalue weighted by atomic mass is 10.1. The van der Waals surface area contributed by atoms with Crippen molar-refractivity contribution in [2.45, 2.75) is 33.6 Å². The van der Waals surface area contributed by atoms with Gasteiger partial charge in [-0.15, -0.1) is 0 Å². The molecule has 0 fully saturated rings. The summed E-state index contributed by atoms with van der Waals surface area (Å²) in [6.07, 6.45) is 1.82. The van der Waals surface area contributed by atoms with Crippen LogP contribution in [0, 0.1) is 0 Å². The van der Waals surface area contributed by atoms with Crippen LogP contribution in [0.15, 0.2) is 48.5 Å². The van der Waals surface area contributed by atoms with Crippen molar-refractivity contribution in [3.8, 4) is 0 Å². The van der Waals surface area contributed by atoms with Gasteiger partial charge in [0.05, 0.1) is 6.54 Å². The minimum Gasteiger partial charge on any atom is -0.376 e. The highest BCUT2D eigenvalue weighted by Gasteiger charge is 2.14. The second-order valence-electron chi connectivity index (χ2n) is 7.21. The molecule has 0 spiro atoms. The number of hydrogen-bond acceptors (Lipinski definition) is 4. The maximum Gasteiger partial charge on any atom is 0.253 e. The Morgan fingerprint density at radius 3 is 2.13 bits per heavy atom. The summed E-state index contributed by atoms with van der Waals surface area (Å²) >= 11 is 0. The van der Waals surface area contributed by atoms with Gasteiger partial charge >= 0.3 is 0 Å². The first-order valence-electron chi connectivity index (χ1n) is 10.8. The number of anilines is 2. The van der Waals surface area contributed by atoms with Crippen molar-refractivity contribution in [1.82, 2.24) is 10.2 Å². The van der Waals surface area contributed by atoms with Crippen LogP contribution in [0.25, 0.3) is 0 Å². The first-order chi connectivity index (χ1) is 15.0. The number of hydrogen-bond donors (Lipinski definition) is 3. The molecule has 0 radical (unpaired) electrons. The lowest BCUT2D eigenvalue weighted by Gasteiger charge is -2.21. The molecule has 31 heavy (non-hydrogen) atoms. The van der Waals surface area contributed by atoms with Crippen molar-refractivity contribution in [2.75, 3.05) is 36.8 Å². The first kappa shape index (κ1) is 23.9. The zero-order valence-electron chi connectivity index (χ0n) is 18.5. The van der Waals surface area contributed by atoms with Crippen LogP contribution in [0.3, 0.4) is 0 Å². The fourth-order valence-corrected chi connectivity index (χ4v) is 3.15. The molecule has 166 valence electrons. The van der Waals surface area contributed by atoms with Crippen LogP contribution in [-0.4, -0.2) is 48.8 Å². The second-order valence-corrected chi connectivity index (χ2v) is 7.21. The zero-order valence-corrected chi connectivity index (χ0v) is 18.5. The third-order valence-corrected chi connectivity index (χ3v) is 4.61. The van der Waals surface area contributed by atoms with Gasteiger partial charge in [0.25, 0.3) is 11.8 Å². The van der Waals surface area contributed by atoms with E-state index < -0.39 is 0 Å². The monoisotopic (exact) mass is 424 g/mol. The third kappa shape index (κ3) is 7.44. The van der Waals surface area contributed by atoms with Crippen LogP contribution in [0.1, 0.15) is 54.3 Å². The molecule has 0 saturated carbocycles. The van der Waals surface area contributed by atoms with Gasteiger partial charge in [0.15, 0.2) is 0 Å². The molecule has 0 aromatic heterocycles. The largest absolute Gasteiger partial charge is 0.376 e. The predicted molar refractivity (Wildman–Crippen MR) is 124 cm³/mol. The van der Waals surface area contributed by atoms with E-state index in [0.29, 0.717) is 29.0 Å². The van der Waals surface area contributed by atoms with Crippen LogP contribution in [0.5, 0.6) is 0 Å². The normalized spacial score (nSPS) is 10.3. The Labute approximate surface area is 184 Å². The topological polar surface area (TPSA) is 90.5 Å². The average Bonchev–Trinajstić information content (AvgIpc) is 2.78. The summed E-state index contributed by atoms with van der Waals surface area (Å²) in [4.78, 5) is 38.7. The number of benzene rings is 2. The second kappa shape index (κ2) is 12.4. The van der Waals surface area contributed by atoms with Crippen LogP contribution in [0.4, 0.5) is 11.4 Å². The van der Waals surface area contributed by atoms with E-state index in [-0.39, 0.29) is 24.3 Å². The number of rotatable bonds is 11. The van der Waals surface area contributed by atoms with Crippen molar-refractivity contribution in [1.29, 1.82) is 0 Å². The fourth-order valence-electron chi connectivity index (χ4n) is 3.15. The van der Waals surface area contributed by atoms with Crippen molar-refractivity contribution >= 4 is 29.1 Å². The Hall–Kier alpha value is -3.35. The summed E-state index contributed by atoms with van der Waals surface area (Å²) in [7, 11) is 0. The van der Waals surface area contributed by atoms with Crippen LogP contribution >= 0.6 is 0 Å². The first-order valence-corrected chi connectivity index (χ1v) is 10.8. The lowest BCUT2D eigenvalue weighted by molar-refractivity contribution is -0.114. The average molecular weight is 425 g/mol. The summed E-state index contributed by atoms with van der Waals surface area (Å²) < 4.78 is 0. The lowest BCUT2D eigenvalue weighted by Crippen LogP contribution is -2.32. The van der Waals surface area contributed by atoms with Crippen molar-refractivity contribution in [3.05, 3.63) is 59.7 Å². The SMILES string of the molecule is CCCN(CCC)C(=O)c1cccc(NCC(=O)Nc2ccc(C(=O)NCC)cc2)c1. The van der Waals surface area contributed by atoms with E-state index in [1.54, 1.807) is 36.4 Å². The minimum atomic E-state index is -0.221. The molecule has 0 saturated heterocycles. The smallest absolute Gasteiger partial charge is 0.253 e. The molecule has 0 aliphatic heterocycles. The van der Waals surface area contributed by atoms with Crippen LogP contribution in [-0.2, 0) is 4.79 Å². The molecule has 2 aromatic carbocycles. The van der Waals surface area contributed by atoms with Gasteiger partial charge in [-0.2, -0.15) is 0 Å². The Balaban J connectivity index is 1.92. The standard InChI is InChI=1S/C24H32N4O3/c1-4-14-28(15-5-2)24(31)19-8-7-9-21(16-19)26-17-22(29)27-20-12-10-18(11-13-20)23(30)25-6-3/h7-13,16,26H,4-6,14-15,17H2,1-3H3,(H,25,30)(H,27,29). The maximum absolute atomic E-state index is 12.8. The van der Waals surface area contributed by atoms with Gasteiger partial charge in [0.1, 0.15) is 0 Å². The summed E-state index contributed by atoms with van der Waals surface area (Å²) in [6, 6.07) is 13.9. The van der Waals surface area contributed by atoms with Gasteiger partial charge in [-0.25, -0.2) is 0 Å². The molecule has 7 heteroatoms. The van der Waals surface area contributed by atoms with Crippen LogP contribution in [0.2, 0.25) is 0 Å². The van der Waals surface area contributed by atoms with Crippen molar-refractivity contribution in [3.63, 3.8) is 0 Å². The zero-order chi connectivity index (χ0) is 22.6. The van der Waals surface area contributed by atoms with Gasteiger partial charge in [-0.05, 0) is 62.2 Å². The fraction of sp³-hybridized carbons (Fsp3) is 0.375. The predicted octanol–water partition coefficient (Wildman–Crippen LogP) is 3.75. The highest BCUT2D eigenvalue weighted by molar-refractivity contribution is 5.97. The minimum absolute atomic E-state index is 0.00370. The quantitative estimate of drug-likeness (QED) is 0.512. The Kier molecular flexibility index (Phi) is 9.55. The van der Waals surface area contributed by atoms with Crippen LogP contribution < -0.4 is 16.0 Å². The highest BCUT2D eigenvalue weighted by Crippen LogP contribution is 2.14. The number of nitrogens with one attached hydrogen (secondary N) is 3. The summed E-state index contributed by atoms with van der Waals surface area (Å²) in [6.45, 7) is 8.04. The highest BCUT2D eigenvalue weighted by atomic mass is 16.2. The number of amides is 3. The van der Waals surface area contributed by atoms with Gasteiger partial charge in [-0.3, -0.25) is 14.4 Å². The van der Waals surface area contributed by atoms with E-state index in [2.05, 4.69) is 29.8 Å². The van der Waals surface area contributed by atoms with Crippen molar-refractivity contribution in [2.24, 2.45) is 0 Å². The molecule has 0 unspecified atom stereocenters. The molecule has 2 rings (SSSR count). The molecule has 0 aliphatic carbocycles. The Morgan fingerprint density at radius 1 is 0.839 bits per heavy atom. The van der Waals surface area contributed by atoms with E-state index in [0.717, 1.165) is 25.9 Å². The molecule has 0 heterocycles. The Bertz CT molecular complexity index is 875. The summed E-state index contributed by atoms with van der Waals surface area (Å²) in [5.74, 6) is -0.363. The molecule has 3 N–H and O–H groups in total. The van der Waals surface area contributed by atoms with Crippen molar-refractivity contribution < 1.29 is 14.4 Å². The number of carbonyl (C=O) groups is 3. The number of carbonyl (C=O) groups excluding carboxylic acids is 3. The molecule has 2 aromatic rings. The molecule has 7 nitrogen and oxygen atoms in total. The molecule has 0 atom stereocenters. The Morgan fingerprint density at radius 2 is 1.52 bits per heavy atom. The van der Waals surface area contributed by atoms with E-state index in [9.17, 15) is 14.4 Å². The molecular formula is C24H32N4O3.